The Labute approximate surface area is 167 Å². The summed E-state index contributed by atoms with van der Waals surface area (Å²) in [4.78, 5) is 18.9. The van der Waals surface area contributed by atoms with Crippen molar-refractivity contribution in [2.75, 3.05) is 36.5 Å². The molecule has 1 aliphatic rings. The molecule has 0 bridgehead atoms. The Morgan fingerprint density at radius 2 is 2.07 bits per heavy atom. The molecule has 6 heteroatoms. The fourth-order valence-corrected chi connectivity index (χ4v) is 3.46. The lowest BCUT2D eigenvalue weighted by molar-refractivity contribution is 0.0854. The standard InChI is InChI=1S/C22H30N4O2/c1-4-26(5-2)18-8-9-20(16(3)13-18)25-17-10-11-23-21(14-17)22(27)24-15-19-7-6-12-28-19/h8-11,13-14,19H,4-7,12,15H2,1-3H3,(H,23,25)(H,24,27). The highest BCUT2D eigenvalue weighted by Crippen LogP contribution is 2.25. The van der Waals surface area contributed by atoms with E-state index in [4.69, 9.17) is 4.74 Å². The van der Waals surface area contributed by atoms with E-state index in [1.54, 1.807) is 12.3 Å². The number of carbonyl (C=O) groups is 1. The fraction of sp³-hybridized carbons (Fsp3) is 0.455. The predicted molar refractivity (Wildman–Crippen MR) is 114 cm³/mol. The van der Waals surface area contributed by atoms with Gasteiger partial charge in [-0.2, -0.15) is 0 Å². The van der Waals surface area contributed by atoms with E-state index in [1.807, 2.05) is 6.07 Å². The number of hydrogen-bond acceptors (Lipinski definition) is 5. The van der Waals surface area contributed by atoms with Crippen LogP contribution in [0.25, 0.3) is 0 Å². The summed E-state index contributed by atoms with van der Waals surface area (Å²) in [5.41, 5.74) is 4.65. The van der Waals surface area contributed by atoms with Gasteiger partial charge in [0.05, 0.1) is 6.10 Å². The van der Waals surface area contributed by atoms with Gasteiger partial charge in [-0.3, -0.25) is 9.78 Å². The molecular weight excluding hydrogens is 352 g/mol. The topological polar surface area (TPSA) is 66.5 Å². The number of ether oxygens (including phenoxy) is 1. The molecule has 2 N–H and O–H groups in total. The summed E-state index contributed by atoms with van der Waals surface area (Å²) in [7, 11) is 0. The van der Waals surface area contributed by atoms with E-state index in [0.717, 1.165) is 49.5 Å². The molecule has 2 aromatic rings. The Balaban J connectivity index is 1.66. The molecule has 1 aromatic heterocycles. The highest BCUT2D eigenvalue weighted by atomic mass is 16.5. The zero-order valence-corrected chi connectivity index (χ0v) is 17.0. The van der Waals surface area contributed by atoms with Crippen molar-refractivity contribution < 1.29 is 9.53 Å². The SMILES string of the molecule is CCN(CC)c1ccc(Nc2ccnc(C(=O)NCC3CCCO3)c2)c(C)c1. The molecule has 150 valence electrons. The minimum absolute atomic E-state index is 0.122. The Kier molecular flexibility index (Phi) is 6.87. The molecule has 0 spiro atoms. The lowest BCUT2D eigenvalue weighted by Crippen LogP contribution is -2.32. The molecule has 0 aliphatic carbocycles. The smallest absolute Gasteiger partial charge is 0.270 e. The molecule has 6 nitrogen and oxygen atoms in total. The van der Waals surface area contributed by atoms with Crippen LogP contribution in [-0.2, 0) is 4.74 Å². The fourth-order valence-electron chi connectivity index (χ4n) is 3.46. The average Bonchev–Trinajstić information content (AvgIpc) is 3.23. The second-order valence-corrected chi connectivity index (χ2v) is 7.07. The van der Waals surface area contributed by atoms with Crippen molar-refractivity contribution in [2.24, 2.45) is 0 Å². The highest BCUT2D eigenvalue weighted by Gasteiger charge is 2.17. The number of benzene rings is 1. The number of aryl methyl sites for hydroxylation is 1. The van der Waals surface area contributed by atoms with Gasteiger partial charge in [0.1, 0.15) is 5.69 Å². The zero-order valence-electron chi connectivity index (χ0n) is 17.0. The third-order valence-corrected chi connectivity index (χ3v) is 5.12. The maximum atomic E-state index is 12.4. The number of hydrogen-bond donors (Lipinski definition) is 2. The highest BCUT2D eigenvalue weighted by molar-refractivity contribution is 5.93. The van der Waals surface area contributed by atoms with E-state index in [-0.39, 0.29) is 12.0 Å². The van der Waals surface area contributed by atoms with Crippen molar-refractivity contribution in [2.45, 2.75) is 39.7 Å². The van der Waals surface area contributed by atoms with E-state index in [0.29, 0.717) is 12.2 Å². The summed E-state index contributed by atoms with van der Waals surface area (Å²) >= 11 is 0. The molecule has 2 heterocycles. The third kappa shape index (κ3) is 5.01. The van der Waals surface area contributed by atoms with Crippen LogP contribution in [0.3, 0.4) is 0 Å². The molecule has 1 fully saturated rings. The summed E-state index contributed by atoms with van der Waals surface area (Å²) in [6.45, 7) is 9.69. The maximum Gasteiger partial charge on any atom is 0.270 e. The van der Waals surface area contributed by atoms with Crippen molar-refractivity contribution in [3.8, 4) is 0 Å². The minimum Gasteiger partial charge on any atom is -0.376 e. The molecule has 1 atom stereocenters. The molecule has 3 rings (SSSR count). The first-order chi connectivity index (χ1) is 13.6. The maximum absolute atomic E-state index is 12.4. The quantitative estimate of drug-likeness (QED) is 0.725. The number of carbonyl (C=O) groups excluding carboxylic acids is 1. The van der Waals surface area contributed by atoms with Gasteiger partial charge < -0.3 is 20.3 Å². The first-order valence-electron chi connectivity index (χ1n) is 10.1. The van der Waals surface area contributed by atoms with Gasteiger partial charge in [-0.1, -0.05) is 0 Å². The Hall–Kier alpha value is -2.60. The second kappa shape index (κ2) is 9.55. The van der Waals surface area contributed by atoms with Crippen LogP contribution in [0, 0.1) is 6.92 Å². The summed E-state index contributed by atoms with van der Waals surface area (Å²) in [5, 5.41) is 6.32. The number of pyridine rings is 1. The van der Waals surface area contributed by atoms with Crippen LogP contribution in [0.5, 0.6) is 0 Å². The molecule has 28 heavy (non-hydrogen) atoms. The largest absolute Gasteiger partial charge is 0.376 e. The van der Waals surface area contributed by atoms with Crippen LogP contribution in [0.15, 0.2) is 36.5 Å². The molecular formula is C22H30N4O2. The van der Waals surface area contributed by atoms with Crippen LogP contribution in [0.4, 0.5) is 17.1 Å². The molecule has 1 unspecified atom stereocenters. The lowest BCUT2D eigenvalue weighted by atomic mass is 10.1. The second-order valence-electron chi connectivity index (χ2n) is 7.07. The van der Waals surface area contributed by atoms with Crippen LogP contribution in [0.1, 0.15) is 42.7 Å². The predicted octanol–water partition coefficient (Wildman–Crippen LogP) is 3.89. The Bertz CT molecular complexity index is 799. The normalized spacial score (nSPS) is 16.0. The number of nitrogens with one attached hydrogen (secondary N) is 2. The first-order valence-corrected chi connectivity index (χ1v) is 10.1. The van der Waals surface area contributed by atoms with E-state index in [1.165, 1.54) is 5.69 Å². The lowest BCUT2D eigenvalue weighted by Gasteiger charge is -2.22. The van der Waals surface area contributed by atoms with Crippen molar-refractivity contribution in [3.63, 3.8) is 0 Å². The summed E-state index contributed by atoms with van der Waals surface area (Å²) in [5.74, 6) is -0.173. The van der Waals surface area contributed by atoms with E-state index in [2.05, 4.69) is 59.5 Å². The number of aromatic nitrogens is 1. The van der Waals surface area contributed by atoms with Crippen LogP contribution >= 0.6 is 0 Å². The van der Waals surface area contributed by atoms with Gasteiger partial charge in [-0.25, -0.2) is 0 Å². The molecule has 0 saturated carbocycles. The summed E-state index contributed by atoms with van der Waals surface area (Å²) in [6, 6.07) is 10.0. The average molecular weight is 383 g/mol. The Morgan fingerprint density at radius 1 is 1.25 bits per heavy atom. The summed E-state index contributed by atoms with van der Waals surface area (Å²) < 4.78 is 5.55. The van der Waals surface area contributed by atoms with Gasteiger partial charge in [0.15, 0.2) is 0 Å². The third-order valence-electron chi connectivity index (χ3n) is 5.12. The van der Waals surface area contributed by atoms with Gasteiger partial charge in [-0.05, 0) is 69.5 Å². The number of rotatable bonds is 8. The minimum atomic E-state index is -0.173. The van der Waals surface area contributed by atoms with Gasteiger partial charge >= 0.3 is 0 Å². The van der Waals surface area contributed by atoms with Gasteiger partial charge in [0.25, 0.3) is 5.91 Å². The number of amides is 1. The molecule has 1 aliphatic heterocycles. The van der Waals surface area contributed by atoms with Crippen molar-refractivity contribution in [1.29, 1.82) is 0 Å². The van der Waals surface area contributed by atoms with E-state index < -0.39 is 0 Å². The monoisotopic (exact) mass is 382 g/mol. The first kappa shape index (κ1) is 20.1. The van der Waals surface area contributed by atoms with Gasteiger partial charge in [-0.15, -0.1) is 0 Å². The van der Waals surface area contributed by atoms with Crippen molar-refractivity contribution >= 4 is 23.0 Å². The summed E-state index contributed by atoms with van der Waals surface area (Å²) in [6.07, 6.45) is 3.84. The molecule has 0 radical (unpaired) electrons. The number of anilines is 3. The van der Waals surface area contributed by atoms with E-state index >= 15 is 0 Å². The van der Waals surface area contributed by atoms with Gasteiger partial charge in [0, 0.05) is 49.5 Å². The van der Waals surface area contributed by atoms with Crippen molar-refractivity contribution in [1.82, 2.24) is 10.3 Å². The van der Waals surface area contributed by atoms with Crippen LogP contribution in [-0.4, -0.2) is 43.2 Å². The van der Waals surface area contributed by atoms with Gasteiger partial charge in [0.2, 0.25) is 0 Å². The van der Waals surface area contributed by atoms with Crippen LogP contribution in [0.2, 0.25) is 0 Å². The molecule has 1 saturated heterocycles. The Morgan fingerprint density at radius 3 is 2.75 bits per heavy atom. The zero-order chi connectivity index (χ0) is 19.9. The molecule has 1 aromatic carbocycles. The number of nitrogens with zero attached hydrogens (tertiary/aromatic N) is 2. The van der Waals surface area contributed by atoms with E-state index in [9.17, 15) is 4.79 Å². The van der Waals surface area contributed by atoms with Crippen LogP contribution < -0.4 is 15.5 Å². The van der Waals surface area contributed by atoms with Crippen molar-refractivity contribution in [3.05, 3.63) is 47.8 Å². The molecule has 1 amide bonds.